The maximum absolute atomic E-state index is 14.8. The minimum Gasteiger partial charge on any atom is -0.429 e. The highest BCUT2D eigenvalue weighted by molar-refractivity contribution is 5.66. The minimum absolute atomic E-state index is 0.0482. The second kappa shape index (κ2) is 10.9. The molecule has 0 radical (unpaired) electrons. The molecule has 1 saturated heterocycles. The van der Waals surface area contributed by atoms with E-state index in [1.54, 1.807) is 0 Å². The molecule has 0 spiro atoms. The van der Waals surface area contributed by atoms with E-state index >= 15 is 0 Å². The van der Waals surface area contributed by atoms with Crippen molar-refractivity contribution in [2.24, 2.45) is 0 Å². The summed E-state index contributed by atoms with van der Waals surface area (Å²) in [5, 5.41) is 9.45. The molecular formula is C26H19F9O3. The van der Waals surface area contributed by atoms with Crippen molar-refractivity contribution in [3.05, 3.63) is 88.2 Å². The zero-order chi connectivity index (χ0) is 27.8. The van der Waals surface area contributed by atoms with E-state index in [0.29, 0.717) is 19.3 Å². The molecule has 0 saturated carbocycles. The molecule has 0 aromatic heterocycles. The third-order valence-electron chi connectivity index (χ3n) is 6.03. The Hall–Kier alpha value is -3.25. The van der Waals surface area contributed by atoms with Crippen LogP contribution in [0.25, 0.3) is 11.1 Å². The molecule has 1 aliphatic rings. The van der Waals surface area contributed by atoms with Crippen molar-refractivity contribution >= 4 is 0 Å². The van der Waals surface area contributed by atoms with Crippen LogP contribution in [0.15, 0.2) is 36.4 Å². The number of aliphatic hydroxyl groups excluding tert-OH is 1. The number of alkyl halides is 2. The van der Waals surface area contributed by atoms with Gasteiger partial charge in [0.2, 0.25) is 0 Å². The fraction of sp³-hybridized carbons (Fsp3) is 0.308. The van der Waals surface area contributed by atoms with Gasteiger partial charge in [0.05, 0.1) is 24.4 Å². The summed E-state index contributed by atoms with van der Waals surface area (Å²) in [7, 11) is 0. The van der Waals surface area contributed by atoms with Crippen molar-refractivity contribution in [1.29, 1.82) is 0 Å². The molecule has 1 heterocycles. The Balaban J connectivity index is 1.57. The van der Waals surface area contributed by atoms with Crippen LogP contribution < -0.4 is 4.74 Å². The molecule has 1 fully saturated rings. The Morgan fingerprint density at radius 1 is 0.789 bits per heavy atom. The number of aliphatic hydroxyl groups is 1. The molecule has 3 aromatic rings. The van der Waals surface area contributed by atoms with E-state index < -0.39 is 75.4 Å². The topological polar surface area (TPSA) is 38.7 Å². The molecule has 1 aliphatic heterocycles. The van der Waals surface area contributed by atoms with Crippen LogP contribution in [0.3, 0.4) is 0 Å². The summed E-state index contributed by atoms with van der Waals surface area (Å²) in [6.45, 7) is 0.154. The molecule has 12 heteroatoms. The second-order valence-electron chi connectivity index (χ2n) is 8.79. The summed E-state index contributed by atoms with van der Waals surface area (Å²) >= 11 is 0. The van der Waals surface area contributed by atoms with Crippen LogP contribution in [-0.2, 0) is 17.3 Å². The van der Waals surface area contributed by atoms with Gasteiger partial charge in [-0.1, -0.05) is 0 Å². The molecule has 3 nitrogen and oxygen atoms in total. The lowest BCUT2D eigenvalue weighted by atomic mass is 9.96. The molecule has 0 bridgehead atoms. The first-order chi connectivity index (χ1) is 17.9. The highest BCUT2D eigenvalue weighted by Crippen LogP contribution is 2.38. The zero-order valence-corrected chi connectivity index (χ0v) is 19.3. The molecule has 2 atom stereocenters. The highest BCUT2D eigenvalue weighted by Gasteiger charge is 2.42. The van der Waals surface area contributed by atoms with Crippen molar-refractivity contribution in [1.82, 2.24) is 0 Å². The predicted molar refractivity (Wildman–Crippen MR) is 116 cm³/mol. The van der Waals surface area contributed by atoms with E-state index in [4.69, 9.17) is 4.74 Å². The summed E-state index contributed by atoms with van der Waals surface area (Å²) in [5.74, 6) is -13.3. The number of rotatable bonds is 7. The van der Waals surface area contributed by atoms with Gasteiger partial charge in [0.15, 0.2) is 17.5 Å². The predicted octanol–water partition coefficient (Wildman–Crippen LogP) is 6.93. The monoisotopic (exact) mass is 550 g/mol. The quantitative estimate of drug-likeness (QED) is 0.256. The summed E-state index contributed by atoms with van der Waals surface area (Å²) in [6, 6.07) is 2.48. The Morgan fingerprint density at radius 2 is 1.37 bits per heavy atom. The Bertz CT molecular complexity index is 1270. The van der Waals surface area contributed by atoms with Crippen LogP contribution in [0.2, 0.25) is 0 Å². The van der Waals surface area contributed by atoms with Gasteiger partial charge in [0.1, 0.15) is 34.6 Å². The van der Waals surface area contributed by atoms with Gasteiger partial charge in [0, 0.05) is 12.1 Å². The van der Waals surface area contributed by atoms with E-state index in [9.17, 15) is 44.6 Å². The standard InChI is InChI=1S/C26H19F9O3/c27-17-5-12(1-3-15-4-2-14(36)11-37-15)6-18(28)23(17)13-7-19(29)24(20(30)8-13)26(34,35)38-16-9-21(31)25(33)22(32)10-16/h5-10,14-15,36H,1-4,11H2. The van der Waals surface area contributed by atoms with Crippen molar-refractivity contribution in [3.8, 4) is 16.9 Å². The molecule has 0 amide bonds. The average Bonchev–Trinajstić information content (AvgIpc) is 2.81. The zero-order valence-electron chi connectivity index (χ0n) is 19.3. The highest BCUT2D eigenvalue weighted by atomic mass is 19.3. The van der Waals surface area contributed by atoms with Crippen LogP contribution in [0.5, 0.6) is 5.75 Å². The molecule has 38 heavy (non-hydrogen) atoms. The molecule has 2 unspecified atom stereocenters. The van der Waals surface area contributed by atoms with E-state index in [1.807, 2.05) is 0 Å². The maximum Gasteiger partial charge on any atom is 0.432 e. The van der Waals surface area contributed by atoms with E-state index in [0.717, 1.165) is 12.1 Å². The fourth-order valence-corrected chi connectivity index (χ4v) is 4.18. The van der Waals surface area contributed by atoms with Gasteiger partial charge >= 0.3 is 6.11 Å². The number of aryl methyl sites for hydroxylation is 1. The number of hydrogen-bond donors (Lipinski definition) is 1. The van der Waals surface area contributed by atoms with Gasteiger partial charge in [-0.3, -0.25) is 0 Å². The fourth-order valence-electron chi connectivity index (χ4n) is 4.18. The summed E-state index contributed by atoms with van der Waals surface area (Å²) in [5.41, 5.74) is -3.39. The molecule has 3 aromatic carbocycles. The van der Waals surface area contributed by atoms with Crippen LogP contribution in [0.1, 0.15) is 30.4 Å². The van der Waals surface area contributed by atoms with Crippen molar-refractivity contribution < 1.29 is 54.1 Å². The van der Waals surface area contributed by atoms with Crippen LogP contribution in [0.4, 0.5) is 39.5 Å². The van der Waals surface area contributed by atoms with E-state index in [-0.39, 0.29) is 49.0 Å². The number of hydrogen-bond acceptors (Lipinski definition) is 3. The number of benzene rings is 3. The summed E-state index contributed by atoms with van der Waals surface area (Å²) < 4.78 is 137. The molecular weight excluding hydrogens is 531 g/mol. The second-order valence-corrected chi connectivity index (χ2v) is 8.79. The Morgan fingerprint density at radius 3 is 1.89 bits per heavy atom. The number of ether oxygens (including phenoxy) is 2. The van der Waals surface area contributed by atoms with Gasteiger partial charge in [-0.15, -0.1) is 0 Å². The van der Waals surface area contributed by atoms with Crippen LogP contribution in [0, 0.1) is 40.7 Å². The lowest BCUT2D eigenvalue weighted by Crippen LogP contribution is -2.29. The minimum atomic E-state index is -4.85. The SMILES string of the molecule is OC1CCC(CCc2cc(F)c(-c3cc(F)c(C(F)(F)Oc4cc(F)c(F)c(F)c4)c(F)c3)c(F)c2)OC1. The van der Waals surface area contributed by atoms with Gasteiger partial charge in [-0.05, 0) is 61.1 Å². The van der Waals surface area contributed by atoms with Gasteiger partial charge in [0.25, 0.3) is 0 Å². The van der Waals surface area contributed by atoms with E-state index in [1.165, 1.54) is 0 Å². The molecule has 0 aliphatic carbocycles. The largest absolute Gasteiger partial charge is 0.432 e. The Kier molecular flexibility index (Phi) is 7.93. The van der Waals surface area contributed by atoms with Crippen molar-refractivity contribution in [3.63, 3.8) is 0 Å². The molecule has 204 valence electrons. The normalized spacial score (nSPS) is 18.1. The first-order valence-electron chi connectivity index (χ1n) is 11.3. The van der Waals surface area contributed by atoms with Gasteiger partial charge in [-0.2, -0.15) is 8.78 Å². The maximum atomic E-state index is 14.8. The summed E-state index contributed by atoms with van der Waals surface area (Å²) in [4.78, 5) is 0. The van der Waals surface area contributed by atoms with Gasteiger partial charge < -0.3 is 14.6 Å². The third-order valence-corrected chi connectivity index (χ3v) is 6.03. The third kappa shape index (κ3) is 5.91. The summed E-state index contributed by atoms with van der Waals surface area (Å²) in [6.07, 6.45) is -3.93. The van der Waals surface area contributed by atoms with Crippen molar-refractivity contribution in [2.45, 2.75) is 44.0 Å². The van der Waals surface area contributed by atoms with Gasteiger partial charge in [-0.25, -0.2) is 30.7 Å². The van der Waals surface area contributed by atoms with Crippen LogP contribution >= 0.6 is 0 Å². The Labute approximate surface area is 210 Å². The van der Waals surface area contributed by atoms with Crippen molar-refractivity contribution in [2.75, 3.05) is 6.61 Å². The first kappa shape index (κ1) is 27.8. The first-order valence-corrected chi connectivity index (χ1v) is 11.3. The molecule has 1 N–H and O–H groups in total. The lowest BCUT2D eigenvalue weighted by molar-refractivity contribution is -0.189. The number of halogens is 9. The lowest BCUT2D eigenvalue weighted by Gasteiger charge is -2.26. The van der Waals surface area contributed by atoms with E-state index in [2.05, 4.69) is 4.74 Å². The van der Waals surface area contributed by atoms with Crippen LogP contribution in [-0.4, -0.2) is 23.9 Å². The smallest absolute Gasteiger partial charge is 0.429 e. The molecule has 4 rings (SSSR count). The average molecular weight is 550 g/mol.